The summed E-state index contributed by atoms with van der Waals surface area (Å²) in [6, 6.07) is 0. The Morgan fingerprint density at radius 1 is 1.50 bits per heavy atom. The third-order valence-corrected chi connectivity index (χ3v) is 4.92. The lowest BCUT2D eigenvalue weighted by Crippen LogP contribution is -2.45. The summed E-state index contributed by atoms with van der Waals surface area (Å²) in [5, 5.41) is 3.33. The number of aromatic nitrogens is 1. The van der Waals surface area contributed by atoms with Crippen LogP contribution in [0.3, 0.4) is 0 Å². The second-order valence-electron chi connectivity index (χ2n) is 5.42. The van der Waals surface area contributed by atoms with Crippen LogP contribution >= 0.6 is 11.3 Å². The first-order valence-electron chi connectivity index (χ1n) is 6.29. The predicted molar refractivity (Wildman–Crippen MR) is 69.7 cm³/mol. The number of rotatable bonds is 2. The van der Waals surface area contributed by atoms with Crippen molar-refractivity contribution in [3.8, 4) is 0 Å². The fraction of sp³-hybridized carbons (Fsp3) is 0.769. The standard InChI is InChI=1S/C13H22N2S/c1-9(2)11-8-16-12(15-11)13(14)7-5-4-6-10(13)3/h8-10H,4-7,14H2,1-3H3. The van der Waals surface area contributed by atoms with Gasteiger partial charge in [-0.15, -0.1) is 11.3 Å². The molecule has 2 rings (SSSR count). The number of thiazole rings is 1. The van der Waals surface area contributed by atoms with Crippen molar-refractivity contribution in [3.05, 3.63) is 16.1 Å². The predicted octanol–water partition coefficient (Wildman–Crippen LogP) is 3.63. The Morgan fingerprint density at radius 3 is 2.81 bits per heavy atom. The zero-order valence-corrected chi connectivity index (χ0v) is 11.3. The van der Waals surface area contributed by atoms with E-state index in [1.807, 2.05) is 0 Å². The summed E-state index contributed by atoms with van der Waals surface area (Å²) in [4.78, 5) is 4.75. The second-order valence-corrected chi connectivity index (χ2v) is 6.28. The van der Waals surface area contributed by atoms with Crippen LogP contribution in [0.25, 0.3) is 0 Å². The van der Waals surface area contributed by atoms with Crippen molar-refractivity contribution >= 4 is 11.3 Å². The van der Waals surface area contributed by atoms with Crippen LogP contribution in [0.1, 0.15) is 63.1 Å². The molecule has 1 heterocycles. The Morgan fingerprint density at radius 2 is 2.25 bits per heavy atom. The molecule has 0 aliphatic heterocycles. The van der Waals surface area contributed by atoms with E-state index in [4.69, 9.17) is 10.7 Å². The van der Waals surface area contributed by atoms with Gasteiger partial charge >= 0.3 is 0 Å². The summed E-state index contributed by atoms with van der Waals surface area (Å²) >= 11 is 1.75. The largest absolute Gasteiger partial charge is 0.319 e. The Balaban J connectivity index is 2.27. The van der Waals surface area contributed by atoms with E-state index in [1.165, 1.54) is 25.0 Å². The molecular formula is C13H22N2S. The average molecular weight is 238 g/mol. The van der Waals surface area contributed by atoms with Gasteiger partial charge in [-0.05, 0) is 24.7 Å². The molecule has 0 radical (unpaired) electrons. The number of hydrogen-bond donors (Lipinski definition) is 1. The highest BCUT2D eigenvalue weighted by molar-refractivity contribution is 7.09. The molecule has 16 heavy (non-hydrogen) atoms. The van der Waals surface area contributed by atoms with Gasteiger partial charge in [0.05, 0.1) is 11.2 Å². The lowest BCUT2D eigenvalue weighted by Gasteiger charge is -2.37. The molecule has 0 amide bonds. The molecular weight excluding hydrogens is 216 g/mol. The fourth-order valence-corrected chi connectivity index (χ4v) is 3.69. The average Bonchev–Trinajstić information content (AvgIpc) is 2.72. The fourth-order valence-electron chi connectivity index (χ4n) is 2.45. The van der Waals surface area contributed by atoms with E-state index in [1.54, 1.807) is 11.3 Å². The van der Waals surface area contributed by atoms with E-state index in [-0.39, 0.29) is 5.54 Å². The lowest BCUT2D eigenvalue weighted by molar-refractivity contribution is 0.206. The first-order chi connectivity index (χ1) is 7.54. The van der Waals surface area contributed by atoms with Crippen molar-refractivity contribution in [2.75, 3.05) is 0 Å². The molecule has 2 atom stereocenters. The molecule has 3 heteroatoms. The number of nitrogens with zero attached hydrogens (tertiary/aromatic N) is 1. The quantitative estimate of drug-likeness (QED) is 0.854. The van der Waals surface area contributed by atoms with Gasteiger partial charge in [0.15, 0.2) is 0 Å². The van der Waals surface area contributed by atoms with Crippen LogP contribution in [0.15, 0.2) is 5.38 Å². The SMILES string of the molecule is CC(C)c1csc(C2(N)CCCCC2C)n1. The Labute approximate surface area is 102 Å². The Kier molecular flexibility index (Phi) is 3.36. The van der Waals surface area contributed by atoms with E-state index in [2.05, 4.69) is 26.2 Å². The zero-order valence-electron chi connectivity index (χ0n) is 10.5. The monoisotopic (exact) mass is 238 g/mol. The highest BCUT2D eigenvalue weighted by atomic mass is 32.1. The van der Waals surface area contributed by atoms with Crippen LogP contribution in [0, 0.1) is 5.92 Å². The number of hydrogen-bond acceptors (Lipinski definition) is 3. The molecule has 0 spiro atoms. The molecule has 1 aliphatic rings. The van der Waals surface area contributed by atoms with E-state index in [9.17, 15) is 0 Å². The molecule has 1 aliphatic carbocycles. The molecule has 1 saturated carbocycles. The molecule has 0 saturated heterocycles. The third-order valence-electron chi connectivity index (χ3n) is 3.87. The van der Waals surface area contributed by atoms with Crippen molar-refractivity contribution in [3.63, 3.8) is 0 Å². The smallest absolute Gasteiger partial charge is 0.113 e. The zero-order chi connectivity index (χ0) is 11.8. The van der Waals surface area contributed by atoms with Gasteiger partial charge in [-0.2, -0.15) is 0 Å². The van der Waals surface area contributed by atoms with Crippen molar-refractivity contribution in [1.29, 1.82) is 0 Å². The van der Waals surface area contributed by atoms with Crippen LogP contribution in [0.2, 0.25) is 0 Å². The van der Waals surface area contributed by atoms with Gasteiger partial charge in [-0.1, -0.05) is 33.6 Å². The highest BCUT2D eigenvalue weighted by Crippen LogP contribution is 2.40. The van der Waals surface area contributed by atoms with Crippen LogP contribution in [0.4, 0.5) is 0 Å². The van der Waals surface area contributed by atoms with Gasteiger partial charge in [0.2, 0.25) is 0 Å². The van der Waals surface area contributed by atoms with Gasteiger partial charge in [-0.25, -0.2) is 4.98 Å². The maximum Gasteiger partial charge on any atom is 0.113 e. The summed E-state index contributed by atoms with van der Waals surface area (Å²) in [5.41, 5.74) is 7.63. The summed E-state index contributed by atoms with van der Waals surface area (Å²) in [6.07, 6.45) is 4.91. The normalized spacial score (nSPS) is 30.9. The van der Waals surface area contributed by atoms with Crippen LogP contribution in [-0.4, -0.2) is 4.98 Å². The maximum absolute atomic E-state index is 6.59. The summed E-state index contributed by atoms with van der Waals surface area (Å²) in [7, 11) is 0. The Hall–Kier alpha value is -0.410. The molecule has 0 aromatic carbocycles. The second kappa shape index (κ2) is 4.46. The first kappa shape index (κ1) is 12.1. The minimum atomic E-state index is -0.157. The number of nitrogens with two attached hydrogens (primary N) is 1. The molecule has 1 aromatic heterocycles. The Bertz CT molecular complexity index is 359. The summed E-state index contributed by atoms with van der Waals surface area (Å²) < 4.78 is 0. The van der Waals surface area contributed by atoms with Gasteiger partial charge in [-0.3, -0.25) is 0 Å². The summed E-state index contributed by atoms with van der Waals surface area (Å²) in [5.74, 6) is 1.07. The van der Waals surface area contributed by atoms with Crippen LogP contribution in [-0.2, 0) is 5.54 Å². The molecule has 2 N–H and O–H groups in total. The minimum absolute atomic E-state index is 0.157. The van der Waals surface area contributed by atoms with E-state index >= 15 is 0 Å². The van der Waals surface area contributed by atoms with Crippen molar-refractivity contribution in [2.24, 2.45) is 11.7 Å². The highest BCUT2D eigenvalue weighted by Gasteiger charge is 2.38. The lowest BCUT2D eigenvalue weighted by atomic mass is 9.75. The molecule has 0 bridgehead atoms. The van der Waals surface area contributed by atoms with Gasteiger partial charge in [0, 0.05) is 5.38 Å². The van der Waals surface area contributed by atoms with Crippen molar-refractivity contribution < 1.29 is 0 Å². The molecule has 90 valence electrons. The van der Waals surface area contributed by atoms with Crippen molar-refractivity contribution in [1.82, 2.24) is 4.98 Å². The minimum Gasteiger partial charge on any atom is -0.319 e. The topological polar surface area (TPSA) is 38.9 Å². The first-order valence-corrected chi connectivity index (χ1v) is 7.17. The van der Waals surface area contributed by atoms with Crippen LogP contribution in [0.5, 0.6) is 0 Å². The molecule has 1 aromatic rings. The molecule has 1 fully saturated rings. The van der Waals surface area contributed by atoms with Gasteiger partial charge in [0.1, 0.15) is 5.01 Å². The molecule has 2 nitrogen and oxygen atoms in total. The van der Waals surface area contributed by atoms with Crippen molar-refractivity contribution in [2.45, 2.75) is 57.9 Å². The van der Waals surface area contributed by atoms with Gasteiger partial charge in [0.25, 0.3) is 0 Å². The maximum atomic E-state index is 6.59. The van der Waals surface area contributed by atoms with E-state index in [0.29, 0.717) is 11.8 Å². The molecule has 2 unspecified atom stereocenters. The van der Waals surface area contributed by atoms with E-state index in [0.717, 1.165) is 11.4 Å². The van der Waals surface area contributed by atoms with Crippen LogP contribution < -0.4 is 5.73 Å². The van der Waals surface area contributed by atoms with Gasteiger partial charge < -0.3 is 5.73 Å². The summed E-state index contributed by atoms with van der Waals surface area (Å²) in [6.45, 7) is 6.65. The third kappa shape index (κ3) is 2.03. The van der Waals surface area contributed by atoms with E-state index < -0.39 is 0 Å².